The molecule has 0 saturated carbocycles. The summed E-state index contributed by atoms with van der Waals surface area (Å²) in [5.74, 6) is 0. The van der Waals surface area contributed by atoms with Gasteiger partial charge < -0.3 is 9.47 Å². The van der Waals surface area contributed by atoms with Crippen LogP contribution in [0.5, 0.6) is 0 Å². The quantitative estimate of drug-likeness (QED) is 0.419. The predicted octanol–water partition coefficient (Wildman–Crippen LogP) is 1.96. The Morgan fingerprint density at radius 1 is 1.20 bits per heavy atom. The molecular formula is C8H16O2. The fourth-order valence-corrected chi connectivity index (χ4v) is 0.518. The normalized spacial score (nSPS) is 10.6. The summed E-state index contributed by atoms with van der Waals surface area (Å²) in [5, 5.41) is 0. The Bertz CT molecular complexity index is 79.3. The molecule has 0 fully saturated rings. The Morgan fingerprint density at radius 2 is 2.00 bits per heavy atom. The van der Waals surface area contributed by atoms with Gasteiger partial charge in [-0.15, -0.1) is 0 Å². The third-order valence-electron chi connectivity index (χ3n) is 0.926. The molecule has 0 unspecified atom stereocenters. The molecule has 0 bridgehead atoms. The van der Waals surface area contributed by atoms with Gasteiger partial charge >= 0.3 is 0 Å². The van der Waals surface area contributed by atoms with Crippen LogP contribution in [-0.4, -0.2) is 19.8 Å². The summed E-state index contributed by atoms with van der Waals surface area (Å²) in [6, 6.07) is 0. The Hall–Kier alpha value is -0.500. The predicted molar refractivity (Wildman–Crippen MR) is 41.9 cm³/mol. The van der Waals surface area contributed by atoms with Crippen molar-refractivity contribution in [1.82, 2.24) is 0 Å². The zero-order chi connectivity index (χ0) is 7.66. The molecule has 0 aliphatic carbocycles. The molecule has 0 amide bonds. The number of ether oxygens (including phenoxy) is 2. The van der Waals surface area contributed by atoms with Gasteiger partial charge in [0.1, 0.15) is 6.61 Å². The van der Waals surface area contributed by atoms with Crippen LogP contribution in [0.2, 0.25) is 0 Å². The van der Waals surface area contributed by atoms with E-state index in [1.165, 1.54) is 0 Å². The minimum absolute atomic E-state index is 0.657. The number of hydrogen-bond donors (Lipinski definition) is 0. The molecule has 0 aromatic heterocycles. The fourth-order valence-electron chi connectivity index (χ4n) is 0.518. The molecule has 0 spiro atoms. The SMILES string of the molecule is CC=COCCOCCC. The first-order valence-corrected chi connectivity index (χ1v) is 3.72. The first-order valence-electron chi connectivity index (χ1n) is 3.72. The van der Waals surface area contributed by atoms with E-state index < -0.39 is 0 Å². The van der Waals surface area contributed by atoms with Crippen LogP contribution in [0.1, 0.15) is 20.3 Å². The molecule has 0 saturated heterocycles. The highest BCUT2D eigenvalue weighted by molar-refractivity contribution is 4.64. The van der Waals surface area contributed by atoms with Crippen LogP contribution in [0.25, 0.3) is 0 Å². The second-order valence-electron chi connectivity index (χ2n) is 1.95. The standard InChI is InChI=1S/C8H16O2/c1-3-5-9-7-8-10-6-4-2/h3,5H,4,6-8H2,1-2H3. The zero-order valence-electron chi connectivity index (χ0n) is 6.80. The third kappa shape index (κ3) is 7.50. The van der Waals surface area contributed by atoms with Gasteiger partial charge in [0, 0.05) is 6.61 Å². The highest BCUT2D eigenvalue weighted by Gasteiger charge is 1.83. The van der Waals surface area contributed by atoms with Crippen molar-refractivity contribution >= 4 is 0 Å². The molecule has 10 heavy (non-hydrogen) atoms. The summed E-state index contributed by atoms with van der Waals surface area (Å²) in [6.07, 6.45) is 4.61. The summed E-state index contributed by atoms with van der Waals surface area (Å²) in [4.78, 5) is 0. The summed E-state index contributed by atoms with van der Waals surface area (Å²) < 4.78 is 10.2. The molecule has 0 rings (SSSR count). The fraction of sp³-hybridized carbons (Fsp3) is 0.750. The monoisotopic (exact) mass is 144 g/mol. The maximum absolute atomic E-state index is 5.17. The van der Waals surface area contributed by atoms with Gasteiger partial charge in [0.25, 0.3) is 0 Å². The Balaban J connectivity index is 2.77. The molecule has 0 aliphatic heterocycles. The Kier molecular flexibility index (Phi) is 8.07. The zero-order valence-corrected chi connectivity index (χ0v) is 6.80. The van der Waals surface area contributed by atoms with E-state index in [-0.39, 0.29) is 0 Å². The molecule has 0 aromatic rings. The van der Waals surface area contributed by atoms with Crippen molar-refractivity contribution in [3.63, 3.8) is 0 Å². The molecule has 60 valence electrons. The van der Waals surface area contributed by atoms with E-state index in [1.807, 2.05) is 13.0 Å². The average Bonchev–Trinajstić information content (AvgIpc) is 1.97. The highest BCUT2D eigenvalue weighted by Crippen LogP contribution is 1.82. The van der Waals surface area contributed by atoms with Crippen LogP contribution < -0.4 is 0 Å². The average molecular weight is 144 g/mol. The molecule has 0 aromatic carbocycles. The van der Waals surface area contributed by atoms with Crippen molar-refractivity contribution in [2.24, 2.45) is 0 Å². The lowest BCUT2D eigenvalue weighted by atomic mass is 10.5. The summed E-state index contributed by atoms with van der Waals surface area (Å²) in [6.45, 7) is 6.20. The summed E-state index contributed by atoms with van der Waals surface area (Å²) in [7, 11) is 0. The van der Waals surface area contributed by atoms with Crippen molar-refractivity contribution in [3.05, 3.63) is 12.3 Å². The van der Waals surface area contributed by atoms with Crippen LogP contribution in [0.3, 0.4) is 0 Å². The van der Waals surface area contributed by atoms with Crippen molar-refractivity contribution in [3.8, 4) is 0 Å². The van der Waals surface area contributed by atoms with Gasteiger partial charge in [0.15, 0.2) is 0 Å². The van der Waals surface area contributed by atoms with Crippen LogP contribution in [0.15, 0.2) is 12.3 Å². The van der Waals surface area contributed by atoms with Gasteiger partial charge in [-0.1, -0.05) is 13.0 Å². The minimum atomic E-state index is 0.657. The van der Waals surface area contributed by atoms with Crippen molar-refractivity contribution in [2.75, 3.05) is 19.8 Å². The van der Waals surface area contributed by atoms with E-state index in [1.54, 1.807) is 6.26 Å². The molecule has 0 N–H and O–H groups in total. The lowest BCUT2D eigenvalue weighted by Crippen LogP contribution is -2.01. The van der Waals surface area contributed by atoms with Gasteiger partial charge in [-0.3, -0.25) is 0 Å². The second-order valence-corrected chi connectivity index (χ2v) is 1.95. The summed E-state index contributed by atoms with van der Waals surface area (Å²) in [5.41, 5.74) is 0. The van der Waals surface area contributed by atoms with E-state index in [4.69, 9.17) is 9.47 Å². The largest absolute Gasteiger partial charge is 0.499 e. The Labute approximate surface area is 62.8 Å². The van der Waals surface area contributed by atoms with E-state index >= 15 is 0 Å². The lowest BCUT2D eigenvalue weighted by molar-refractivity contribution is 0.0852. The van der Waals surface area contributed by atoms with Crippen LogP contribution in [-0.2, 0) is 9.47 Å². The minimum Gasteiger partial charge on any atom is -0.499 e. The van der Waals surface area contributed by atoms with Crippen molar-refractivity contribution < 1.29 is 9.47 Å². The van der Waals surface area contributed by atoms with Crippen LogP contribution in [0.4, 0.5) is 0 Å². The van der Waals surface area contributed by atoms with Gasteiger partial charge in [0.2, 0.25) is 0 Å². The van der Waals surface area contributed by atoms with E-state index in [0.29, 0.717) is 13.2 Å². The highest BCUT2D eigenvalue weighted by atomic mass is 16.5. The number of allylic oxidation sites excluding steroid dienone is 1. The van der Waals surface area contributed by atoms with Crippen molar-refractivity contribution in [1.29, 1.82) is 0 Å². The maximum Gasteiger partial charge on any atom is 0.111 e. The van der Waals surface area contributed by atoms with Crippen LogP contribution in [0, 0.1) is 0 Å². The van der Waals surface area contributed by atoms with Gasteiger partial charge in [-0.2, -0.15) is 0 Å². The molecule has 0 atom stereocenters. The van der Waals surface area contributed by atoms with Gasteiger partial charge in [0.05, 0.1) is 12.9 Å². The number of rotatable bonds is 6. The van der Waals surface area contributed by atoms with E-state index in [9.17, 15) is 0 Å². The molecule has 2 nitrogen and oxygen atoms in total. The molecule has 0 heterocycles. The second kappa shape index (κ2) is 8.50. The van der Waals surface area contributed by atoms with Gasteiger partial charge in [-0.05, 0) is 13.3 Å². The van der Waals surface area contributed by atoms with Crippen molar-refractivity contribution in [2.45, 2.75) is 20.3 Å². The third-order valence-corrected chi connectivity index (χ3v) is 0.926. The molecule has 0 radical (unpaired) electrons. The first kappa shape index (κ1) is 9.50. The summed E-state index contributed by atoms with van der Waals surface area (Å²) >= 11 is 0. The number of hydrogen-bond acceptors (Lipinski definition) is 2. The smallest absolute Gasteiger partial charge is 0.111 e. The Morgan fingerprint density at radius 3 is 2.60 bits per heavy atom. The first-order chi connectivity index (χ1) is 4.91. The molecule has 0 aliphatic rings. The maximum atomic E-state index is 5.17. The van der Waals surface area contributed by atoms with E-state index in [0.717, 1.165) is 13.0 Å². The van der Waals surface area contributed by atoms with Crippen LogP contribution >= 0.6 is 0 Å². The topological polar surface area (TPSA) is 18.5 Å². The molecule has 2 heteroatoms. The van der Waals surface area contributed by atoms with Gasteiger partial charge in [-0.25, -0.2) is 0 Å². The molecular weight excluding hydrogens is 128 g/mol. The van der Waals surface area contributed by atoms with E-state index in [2.05, 4.69) is 6.92 Å². The lowest BCUT2D eigenvalue weighted by Gasteiger charge is -2.00.